The van der Waals surface area contributed by atoms with Crippen molar-refractivity contribution < 1.29 is 4.79 Å². The third-order valence-electron chi connectivity index (χ3n) is 6.21. The molecule has 1 atom stereocenters. The van der Waals surface area contributed by atoms with Gasteiger partial charge in [-0.3, -0.25) is 9.69 Å². The maximum absolute atomic E-state index is 13.6. The van der Waals surface area contributed by atoms with Gasteiger partial charge in [-0.15, -0.1) is 0 Å². The number of ketones is 1. The van der Waals surface area contributed by atoms with Crippen molar-refractivity contribution in [1.29, 1.82) is 5.26 Å². The number of nitrogens with two attached hydrogens (primary N) is 1. The number of aryl methyl sites for hydroxylation is 2. The van der Waals surface area contributed by atoms with Gasteiger partial charge in [-0.2, -0.15) is 5.26 Å². The number of nitrogens with zero attached hydrogens (tertiary/aromatic N) is 2. The average Bonchev–Trinajstić information content (AvgIpc) is 2.69. The highest BCUT2D eigenvalue weighted by molar-refractivity contribution is 14.1. The normalized spacial score (nSPS) is 20.6. The van der Waals surface area contributed by atoms with E-state index in [0.717, 1.165) is 43.6 Å². The second-order valence-corrected chi connectivity index (χ2v) is 10.6. The number of benzene rings is 2. The Balaban J connectivity index is 2.03. The van der Waals surface area contributed by atoms with E-state index in [1.54, 1.807) is 0 Å². The number of carbonyl (C=O) groups is 1. The molecule has 2 aromatic rings. The van der Waals surface area contributed by atoms with E-state index >= 15 is 0 Å². The van der Waals surface area contributed by atoms with E-state index < -0.39 is 5.92 Å². The van der Waals surface area contributed by atoms with Gasteiger partial charge in [-0.25, -0.2) is 0 Å². The van der Waals surface area contributed by atoms with Crippen molar-refractivity contribution in [3.05, 3.63) is 85.4 Å². The van der Waals surface area contributed by atoms with E-state index in [4.69, 9.17) is 5.73 Å². The Bertz CT molecular complexity index is 1180. The van der Waals surface area contributed by atoms with Crippen molar-refractivity contribution in [2.45, 2.75) is 46.5 Å². The molecule has 1 unspecified atom stereocenters. The van der Waals surface area contributed by atoms with Crippen LogP contribution in [0.4, 0.5) is 5.69 Å². The standard InChI is InChI=1S/C26H26IN3O/c1-15-5-6-16(2)19(11-15)23-20(14-28)25(29)30(18-9-7-17(27)8-10-18)21-12-26(3,4)13-22(31)24(21)23/h5-11,23H,12-13,29H2,1-4H3. The molecular weight excluding hydrogens is 497 g/mol. The van der Waals surface area contributed by atoms with E-state index in [0.29, 0.717) is 17.8 Å². The number of hydrogen-bond acceptors (Lipinski definition) is 4. The number of Topliss-reactive ketones (excluding diaryl/α,β-unsaturated/α-hetero) is 1. The van der Waals surface area contributed by atoms with Crippen molar-refractivity contribution in [3.63, 3.8) is 0 Å². The molecule has 0 saturated carbocycles. The molecule has 0 bridgehead atoms. The highest BCUT2D eigenvalue weighted by Gasteiger charge is 2.45. The number of halogens is 1. The van der Waals surface area contributed by atoms with Crippen molar-refractivity contribution in [3.8, 4) is 6.07 Å². The second-order valence-electron chi connectivity index (χ2n) is 9.32. The van der Waals surface area contributed by atoms with Crippen LogP contribution in [0.1, 0.15) is 49.3 Å². The number of nitriles is 1. The summed E-state index contributed by atoms with van der Waals surface area (Å²) >= 11 is 2.27. The number of hydrogen-bond donors (Lipinski definition) is 1. The molecule has 4 rings (SSSR count). The van der Waals surface area contributed by atoms with Crippen molar-refractivity contribution in [2.75, 3.05) is 4.90 Å². The zero-order valence-corrected chi connectivity index (χ0v) is 20.4. The zero-order valence-electron chi connectivity index (χ0n) is 18.3. The third kappa shape index (κ3) is 3.78. The fourth-order valence-corrected chi connectivity index (χ4v) is 5.14. The van der Waals surface area contributed by atoms with Gasteiger partial charge in [0.25, 0.3) is 0 Å². The van der Waals surface area contributed by atoms with E-state index in [1.807, 2.05) is 43.0 Å². The Hall–Kier alpha value is -2.59. The molecule has 31 heavy (non-hydrogen) atoms. The molecule has 0 fully saturated rings. The summed E-state index contributed by atoms with van der Waals surface area (Å²) in [6.45, 7) is 8.30. The molecule has 0 radical (unpaired) electrons. The summed E-state index contributed by atoms with van der Waals surface area (Å²) in [5.41, 5.74) is 12.6. The van der Waals surface area contributed by atoms with E-state index in [9.17, 15) is 10.1 Å². The minimum atomic E-state index is -0.427. The van der Waals surface area contributed by atoms with E-state index in [-0.39, 0.29) is 11.2 Å². The predicted octanol–water partition coefficient (Wildman–Crippen LogP) is 5.85. The Labute approximate surface area is 197 Å². The van der Waals surface area contributed by atoms with Crippen LogP contribution >= 0.6 is 22.6 Å². The molecule has 2 N–H and O–H groups in total. The molecule has 0 saturated heterocycles. The van der Waals surface area contributed by atoms with Gasteiger partial charge < -0.3 is 5.73 Å². The molecule has 158 valence electrons. The third-order valence-corrected chi connectivity index (χ3v) is 6.93. The van der Waals surface area contributed by atoms with Gasteiger partial charge in [0.15, 0.2) is 5.78 Å². The quantitative estimate of drug-likeness (QED) is 0.502. The first kappa shape index (κ1) is 21.6. The summed E-state index contributed by atoms with van der Waals surface area (Å²) in [5, 5.41) is 10.2. The van der Waals surface area contributed by atoms with Crippen LogP contribution in [0, 0.1) is 34.2 Å². The maximum atomic E-state index is 13.6. The van der Waals surface area contributed by atoms with Crippen LogP contribution in [-0.4, -0.2) is 5.78 Å². The number of rotatable bonds is 2. The fourth-order valence-electron chi connectivity index (χ4n) is 4.78. The van der Waals surface area contributed by atoms with Gasteiger partial charge in [0.1, 0.15) is 5.82 Å². The smallest absolute Gasteiger partial charge is 0.162 e. The maximum Gasteiger partial charge on any atom is 0.162 e. The first-order chi connectivity index (χ1) is 14.6. The topological polar surface area (TPSA) is 70.1 Å². The number of allylic oxidation sites excluding steroid dienone is 3. The lowest BCUT2D eigenvalue weighted by atomic mass is 9.68. The first-order valence-corrected chi connectivity index (χ1v) is 11.5. The highest BCUT2D eigenvalue weighted by atomic mass is 127. The van der Waals surface area contributed by atoms with Crippen molar-refractivity contribution in [2.24, 2.45) is 11.1 Å². The van der Waals surface area contributed by atoms with Crippen LogP contribution in [0.15, 0.2) is 65.1 Å². The summed E-state index contributed by atoms with van der Waals surface area (Å²) < 4.78 is 1.11. The van der Waals surface area contributed by atoms with Crippen LogP contribution in [-0.2, 0) is 4.79 Å². The summed E-state index contributed by atoms with van der Waals surface area (Å²) in [6.07, 6.45) is 1.19. The molecule has 4 nitrogen and oxygen atoms in total. The minimum Gasteiger partial charge on any atom is -0.384 e. The van der Waals surface area contributed by atoms with Crippen LogP contribution in [0.2, 0.25) is 0 Å². The Morgan fingerprint density at radius 1 is 1.13 bits per heavy atom. The van der Waals surface area contributed by atoms with E-state index in [2.05, 4.69) is 60.7 Å². The first-order valence-electron chi connectivity index (χ1n) is 10.4. The second kappa shape index (κ2) is 7.83. The average molecular weight is 523 g/mol. The van der Waals surface area contributed by atoms with E-state index in [1.165, 1.54) is 0 Å². The van der Waals surface area contributed by atoms with Gasteiger partial charge in [0.2, 0.25) is 0 Å². The fraction of sp³-hybridized carbons (Fsp3) is 0.308. The number of anilines is 1. The molecule has 2 aliphatic rings. The largest absolute Gasteiger partial charge is 0.384 e. The molecule has 2 aromatic carbocycles. The SMILES string of the molecule is Cc1ccc(C)c(C2C(C#N)=C(N)N(c3ccc(I)cc3)C3=C2C(=O)CC(C)(C)C3)c1. The minimum absolute atomic E-state index is 0.105. The van der Waals surface area contributed by atoms with Crippen molar-refractivity contribution in [1.82, 2.24) is 0 Å². The summed E-state index contributed by atoms with van der Waals surface area (Å²) in [7, 11) is 0. The predicted molar refractivity (Wildman–Crippen MR) is 132 cm³/mol. The van der Waals surface area contributed by atoms with Crippen LogP contribution in [0.3, 0.4) is 0 Å². The molecule has 5 heteroatoms. The monoisotopic (exact) mass is 523 g/mol. The van der Waals surface area contributed by atoms with Gasteiger partial charge >= 0.3 is 0 Å². The highest BCUT2D eigenvalue weighted by Crippen LogP contribution is 2.50. The molecular formula is C26H26IN3O. The van der Waals surface area contributed by atoms with Gasteiger partial charge in [0, 0.05) is 26.9 Å². The lowest BCUT2D eigenvalue weighted by Gasteiger charge is -2.44. The van der Waals surface area contributed by atoms with Crippen LogP contribution < -0.4 is 10.6 Å². The van der Waals surface area contributed by atoms with Crippen LogP contribution in [0.5, 0.6) is 0 Å². The van der Waals surface area contributed by atoms with Gasteiger partial charge in [0.05, 0.1) is 17.6 Å². The molecule has 0 aromatic heterocycles. The summed E-state index contributed by atoms with van der Waals surface area (Å²) in [4.78, 5) is 15.5. The Morgan fingerprint density at radius 3 is 2.45 bits per heavy atom. The summed E-state index contributed by atoms with van der Waals surface area (Å²) in [5.74, 6) is 0.0929. The van der Waals surface area contributed by atoms with Gasteiger partial charge in [-0.05, 0) is 83.7 Å². The lowest BCUT2D eigenvalue weighted by molar-refractivity contribution is -0.118. The zero-order chi connectivity index (χ0) is 22.5. The van der Waals surface area contributed by atoms with Crippen LogP contribution in [0.25, 0.3) is 0 Å². The van der Waals surface area contributed by atoms with Crippen molar-refractivity contribution >= 4 is 34.1 Å². The molecule has 1 heterocycles. The molecule has 0 spiro atoms. The summed E-state index contributed by atoms with van der Waals surface area (Å²) in [6, 6.07) is 16.6. The molecule has 1 aliphatic carbocycles. The number of carbonyl (C=O) groups excluding carboxylic acids is 1. The van der Waals surface area contributed by atoms with Gasteiger partial charge in [-0.1, -0.05) is 37.6 Å². The molecule has 1 aliphatic heterocycles. The Morgan fingerprint density at radius 2 is 1.81 bits per heavy atom. The molecule has 0 amide bonds. The lowest BCUT2D eigenvalue weighted by Crippen LogP contribution is -2.42. The Kier molecular flexibility index (Phi) is 5.47.